The van der Waals surface area contributed by atoms with E-state index in [2.05, 4.69) is 43.5 Å². The van der Waals surface area contributed by atoms with Crippen LogP contribution < -0.4 is 5.32 Å². The quantitative estimate of drug-likeness (QED) is 0.0204. The van der Waals surface area contributed by atoms with E-state index in [9.17, 15) is 45.6 Å². The molecular weight excluding hydrogens is 1220 g/mol. The zero-order valence-electron chi connectivity index (χ0n) is 63.1. The van der Waals surface area contributed by atoms with Gasteiger partial charge in [-0.2, -0.15) is 0 Å². The molecule has 97 heavy (non-hydrogen) atoms. The number of amides is 1. The van der Waals surface area contributed by atoms with Crippen molar-refractivity contribution >= 4 is 5.91 Å². The summed E-state index contributed by atoms with van der Waals surface area (Å²) in [5.41, 5.74) is 0. The van der Waals surface area contributed by atoms with Gasteiger partial charge in [-0.05, 0) is 44.9 Å². The topological polar surface area (TPSA) is 228 Å². The minimum Gasteiger partial charge on any atom is -0.394 e. The van der Waals surface area contributed by atoms with E-state index < -0.39 is 86.8 Å². The van der Waals surface area contributed by atoms with Gasteiger partial charge in [0, 0.05) is 6.42 Å². The van der Waals surface area contributed by atoms with Crippen molar-refractivity contribution in [1.82, 2.24) is 5.32 Å². The fourth-order valence-electron chi connectivity index (χ4n) is 14.3. The van der Waals surface area contributed by atoms with E-state index in [1.54, 1.807) is 0 Å². The van der Waals surface area contributed by atoms with E-state index in [4.69, 9.17) is 18.9 Å². The molecule has 2 heterocycles. The molecular formula is C83H159NO13. The summed E-state index contributed by atoms with van der Waals surface area (Å²) in [4.78, 5) is 13.4. The molecule has 1 amide bonds. The summed E-state index contributed by atoms with van der Waals surface area (Å²) in [5, 5.41) is 87.9. The third kappa shape index (κ3) is 50.5. The Morgan fingerprint density at radius 3 is 1.03 bits per heavy atom. The molecule has 0 aromatic heterocycles. The molecule has 0 aromatic rings. The molecule has 0 bridgehead atoms. The van der Waals surface area contributed by atoms with Crippen molar-refractivity contribution in [2.45, 2.75) is 479 Å². The Hall–Kier alpha value is -1.53. The largest absolute Gasteiger partial charge is 0.394 e. The van der Waals surface area contributed by atoms with Crippen LogP contribution in [0.1, 0.15) is 406 Å². The van der Waals surface area contributed by atoms with E-state index in [0.717, 1.165) is 57.8 Å². The Balaban J connectivity index is 1.57. The lowest BCUT2D eigenvalue weighted by molar-refractivity contribution is -0.359. The van der Waals surface area contributed by atoms with Crippen LogP contribution in [-0.4, -0.2) is 140 Å². The lowest BCUT2D eigenvalue weighted by Gasteiger charge is -2.46. The number of hydrogen-bond donors (Lipinski definition) is 9. The van der Waals surface area contributed by atoms with Gasteiger partial charge in [0.1, 0.15) is 48.8 Å². The summed E-state index contributed by atoms with van der Waals surface area (Å²) < 4.78 is 23.0. The molecule has 0 radical (unpaired) electrons. The molecule has 0 spiro atoms. The second-order valence-corrected chi connectivity index (χ2v) is 30.0. The van der Waals surface area contributed by atoms with E-state index in [-0.39, 0.29) is 12.5 Å². The second kappa shape index (κ2) is 67.6. The van der Waals surface area contributed by atoms with E-state index in [0.29, 0.717) is 12.8 Å². The van der Waals surface area contributed by atoms with Crippen LogP contribution in [0.2, 0.25) is 0 Å². The van der Waals surface area contributed by atoms with Gasteiger partial charge in [0.25, 0.3) is 0 Å². The molecule has 12 atom stereocenters. The lowest BCUT2D eigenvalue weighted by Crippen LogP contribution is -2.65. The summed E-state index contributed by atoms with van der Waals surface area (Å²) in [6, 6.07) is -0.828. The third-order valence-corrected chi connectivity index (χ3v) is 20.9. The van der Waals surface area contributed by atoms with Crippen molar-refractivity contribution < 1.29 is 64.6 Å². The normalized spacial score (nSPS) is 22.2. The highest BCUT2D eigenvalue weighted by atomic mass is 16.7. The fourth-order valence-corrected chi connectivity index (χ4v) is 14.3. The molecule has 0 aliphatic carbocycles. The summed E-state index contributed by atoms with van der Waals surface area (Å²) in [6.07, 6.45) is 70.9. The predicted molar refractivity (Wildman–Crippen MR) is 402 cm³/mol. The molecule has 9 N–H and O–H groups in total. The van der Waals surface area contributed by atoms with Gasteiger partial charge in [0.15, 0.2) is 12.6 Å². The number of ether oxygens (including phenoxy) is 4. The Bertz CT molecular complexity index is 1720. The monoisotopic (exact) mass is 1380 g/mol. The molecule has 574 valence electrons. The number of aliphatic hydroxyl groups is 8. The zero-order valence-corrected chi connectivity index (χ0v) is 63.1. The first kappa shape index (κ1) is 91.6. The second-order valence-electron chi connectivity index (χ2n) is 30.0. The Morgan fingerprint density at radius 2 is 0.680 bits per heavy atom. The van der Waals surface area contributed by atoms with Crippen molar-refractivity contribution in [3.63, 3.8) is 0 Å². The number of hydrogen-bond acceptors (Lipinski definition) is 13. The van der Waals surface area contributed by atoms with Crippen molar-refractivity contribution in [2.75, 3.05) is 19.8 Å². The number of aliphatic hydroxyl groups excluding tert-OH is 8. The van der Waals surface area contributed by atoms with Crippen LogP contribution in [0.5, 0.6) is 0 Å². The third-order valence-electron chi connectivity index (χ3n) is 20.9. The average Bonchev–Trinajstić information content (AvgIpc) is 0.794. The first-order chi connectivity index (χ1) is 47.6. The van der Waals surface area contributed by atoms with Gasteiger partial charge in [0.05, 0.1) is 32.0 Å². The van der Waals surface area contributed by atoms with Crippen molar-refractivity contribution in [3.05, 3.63) is 24.3 Å². The first-order valence-electron chi connectivity index (χ1n) is 42.1. The van der Waals surface area contributed by atoms with E-state index in [1.807, 2.05) is 0 Å². The Kier molecular flexibility index (Phi) is 63.8. The van der Waals surface area contributed by atoms with Crippen LogP contribution in [-0.2, 0) is 23.7 Å². The minimum absolute atomic E-state index is 0.196. The number of rotatable bonds is 72. The fraction of sp³-hybridized carbons (Fsp3) is 0.940. The predicted octanol–water partition coefficient (Wildman–Crippen LogP) is 19.4. The molecule has 12 unspecified atom stereocenters. The van der Waals surface area contributed by atoms with Crippen LogP contribution in [0.25, 0.3) is 0 Å². The van der Waals surface area contributed by atoms with Gasteiger partial charge < -0.3 is 65.1 Å². The summed E-state index contributed by atoms with van der Waals surface area (Å²) in [5.74, 6) is -0.196. The summed E-state index contributed by atoms with van der Waals surface area (Å²) >= 11 is 0. The number of carbonyl (C=O) groups is 1. The number of allylic oxidation sites excluding steroid dienone is 4. The highest BCUT2D eigenvalue weighted by molar-refractivity contribution is 5.76. The average molecular weight is 1380 g/mol. The Morgan fingerprint density at radius 1 is 0.371 bits per heavy atom. The van der Waals surface area contributed by atoms with Crippen LogP contribution >= 0.6 is 0 Å². The first-order valence-corrected chi connectivity index (χ1v) is 42.1. The van der Waals surface area contributed by atoms with Crippen LogP contribution in [0.15, 0.2) is 24.3 Å². The number of unbranched alkanes of at least 4 members (excludes halogenated alkanes) is 55. The summed E-state index contributed by atoms with van der Waals surface area (Å²) in [7, 11) is 0. The van der Waals surface area contributed by atoms with Gasteiger partial charge in [-0.1, -0.05) is 378 Å². The van der Waals surface area contributed by atoms with Gasteiger partial charge in [-0.15, -0.1) is 0 Å². The molecule has 2 saturated heterocycles. The van der Waals surface area contributed by atoms with Crippen LogP contribution in [0, 0.1) is 0 Å². The van der Waals surface area contributed by atoms with Gasteiger partial charge >= 0.3 is 0 Å². The maximum Gasteiger partial charge on any atom is 0.220 e. The van der Waals surface area contributed by atoms with Crippen LogP contribution in [0.3, 0.4) is 0 Å². The minimum atomic E-state index is -1.78. The van der Waals surface area contributed by atoms with Crippen molar-refractivity contribution in [2.24, 2.45) is 0 Å². The molecule has 0 aromatic carbocycles. The van der Waals surface area contributed by atoms with Crippen molar-refractivity contribution in [3.8, 4) is 0 Å². The molecule has 2 fully saturated rings. The van der Waals surface area contributed by atoms with Gasteiger partial charge in [-0.25, -0.2) is 0 Å². The highest BCUT2D eigenvalue weighted by Crippen LogP contribution is 2.31. The molecule has 2 aliphatic rings. The maximum absolute atomic E-state index is 13.4. The van der Waals surface area contributed by atoms with E-state index in [1.165, 1.54) is 321 Å². The smallest absolute Gasteiger partial charge is 0.220 e. The Labute approximate surface area is 596 Å². The zero-order chi connectivity index (χ0) is 70.1. The van der Waals surface area contributed by atoms with Gasteiger partial charge in [-0.3, -0.25) is 4.79 Å². The maximum atomic E-state index is 13.4. The van der Waals surface area contributed by atoms with Gasteiger partial charge in [0.2, 0.25) is 5.91 Å². The van der Waals surface area contributed by atoms with E-state index >= 15 is 0 Å². The molecule has 2 rings (SSSR count). The molecule has 0 saturated carbocycles. The molecule has 14 heteroatoms. The molecule has 2 aliphatic heterocycles. The SMILES string of the molecule is CCCCCCC/C=C\C/C=C\CCCCCCCCCCCCCCCCCCCCCCCCCCCC(=O)NC(COC1OC(CO)C(OC2OC(CO)C(O)C(O)C2O)C(O)C1O)C(O)CCCCCCCCCCCCCCCCCCCCCCCCCCCC. The summed E-state index contributed by atoms with van der Waals surface area (Å²) in [6.45, 7) is 2.93. The molecule has 14 nitrogen and oxygen atoms in total. The highest BCUT2D eigenvalue weighted by Gasteiger charge is 2.51. The standard InChI is InChI=1S/C83H159NO13/c1-3-5-7-9-11-13-15-17-19-21-23-25-27-29-31-32-33-34-35-36-37-38-39-40-41-43-45-47-49-51-53-55-57-59-61-63-65-67-75(88)84-71(70-94-82-80(93)78(91)81(74(69-86)96-82)97-83-79(92)77(90)76(89)73(68-85)95-83)72(87)66-64-62-60-58-56-54-52-50-48-46-44-42-30-28-26-24-22-20-18-16-14-12-10-8-6-4-2/h15,17,21,23,71-74,76-83,85-87,89-93H,3-14,16,18-20,22,24-70H2,1-2H3,(H,84,88)/b17-15-,23-21-. The number of nitrogens with one attached hydrogen (secondary N) is 1. The van der Waals surface area contributed by atoms with Crippen LogP contribution in [0.4, 0.5) is 0 Å². The lowest BCUT2D eigenvalue weighted by atomic mass is 9.97. The van der Waals surface area contributed by atoms with Crippen molar-refractivity contribution in [1.29, 1.82) is 0 Å². The number of carbonyl (C=O) groups excluding carboxylic acids is 1.